The van der Waals surface area contributed by atoms with Crippen LogP contribution in [0.1, 0.15) is 29.3 Å². The van der Waals surface area contributed by atoms with Crippen molar-refractivity contribution in [1.29, 1.82) is 0 Å². The van der Waals surface area contributed by atoms with Crippen LogP contribution in [-0.2, 0) is 6.54 Å². The van der Waals surface area contributed by atoms with E-state index in [4.69, 9.17) is 16.3 Å². The molecule has 0 amide bonds. The van der Waals surface area contributed by atoms with Crippen LogP contribution in [0.15, 0.2) is 48.5 Å². The van der Waals surface area contributed by atoms with Crippen LogP contribution in [0.4, 0.5) is 0 Å². The number of nitrogens with zero attached hydrogens (tertiary/aromatic N) is 2. The van der Waals surface area contributed by atoms with E-state index in [0.717, 1.165) is 62.0 Å². The van der Waals surface area contributed by atoms with E-state index in [1.54, 1.807) is 6.92 Å². The predicted octanol–water partition coefficient (Wildman–Crippen LogP) is 4.13. The molecule has 1 heterocycles. The number of hydrogen-bond acceptors (Lipinski definition) is 4. The number of halogens is 1. The van der Waals surface area contributed by atoms with Gasteiger partial charge in [-0.25, -0.2) is 0 Å². The second kappa shape index (κ2) is 9.88. The maximum Gasteiger partial charge on any atom is 0.159 e. The third-order valence-corrected chi connectivity index (χ3v) is 5.33. The van der Waals surface area contributed by atoms with Crippen LogP contribution in [-0.4, -0.2) is 54.9 Å². The van der Waals surface area contributed by atoms with Crippen LogP contribution < -0.4 is 4.74 Å². The Morgan fingerprint density at radius 1 is 1.00 bits per heavy atom. The zero-order valence-electron chi connectivity index (χ0n) is 15.9. The minimum atomic E-state index is 0.0789. The molecule has 0 radical (unpaired) electrons. The standard InChI is InChI=1S/C22H27ClN2O2/c1-18(26)19-7-9-21(10-8-19)27-16-4-11-24-12-14-25(15-13-24)17-20-5-2-3-6-22(20)23/h2-3,5-10H,4,11-17H2,1H3. The van der Waals surface area contributed by atoms with Crippen molar-refractivity contribution in [3.63, 3.8) is 0 Å². The number of piperazine rings is 1. The number of Topliss-reactive ketones (excluding diaryl/α,β-unsaturated/α-hetero) is 1. The lowest BCUT2D eigenvalue weighted by molar-refractivity contribution is 0.101. The SMILES string of the molecule is CC(=O)c1ccc(OCCCN2CCN(Cc3ccccc3Cl)CC2)cc1. The highest BCUT2D eigenvalue weighted by molar-refractivity contribution is 6.31. The summed E-state index contributed by atoms with van der Waals surface area (Å²) in [6, 6.07) is 15.4. The highest BCUT2D eigenvalue weighted by atomic mass is 35.5. The quantitative estimate of drug-likeness (QED) is 0.504. The molecule has 1 fully saturated rings. The Balaban J connectivity index is 1.33. The van der Waals surface area contributed by atoms with Crippen molar-refractivity contribution in [1.82, 2.24) is 9.80 Å². The predicted molar refractivity (Wildman–Crippen MR) is 110 cm³/mol. The lowest BCUT2D eigenvalue weighted by Gasteiger charge is -2.34. The summed E-state index contributed by atoms with van der Waals surface area (Å²) >= 11 is 6.26. The molecule has 0 bridgehead atoms. The van der Waals surface area contributed by atoms with E-state index in [1.807, 2.05) is 42.5 Å². The van der Waals surface area contributed by atoms with Crippen LogP contribution in [0.25, 0.3) is 0 Å². The van der Waals surface area contributed by atoms with E-state index >= 15 is 0 Å². The van der Waals surface area contributed by atoms with Gasteiger partial charge in [0.05, 0.1) is 6.61 Å². The second-order valence-corrected chi connectivity index (χ2v) is 7.40. The topological polar surface area (TPSA) is 32.8 Å². The zero-order valence-corrected chi connectivity index (χ0v) is 16.6. The Hall–Kier alpha value is -1.88. The van der Waals surface area contributed by atoms with Crippen molar-refractivity contribution in [2.75, 3.05) is 39.3 Å². The monoisotopic (exact) mass is 386 g/mol. The summed E-state index contributed by atoms with van der Waals surface area (Å²) in [6.45, 7) is 8.54. The van der Waals surface area contributed by atoms with E-state index in [1.165, 1.54) is 5.56 Å². The van der Waals surface area contributed by atoms with Crippen LogP contribution in [0.5, 0.6) is 5.75 Å². The van der Waals surface area contributed by atoms with E-state index in [-0.39, 0.29) is 5.78 Å². The molecule has 0 aromatic heterocycles. The van der Waals surface area contributed by atoms with Gasteiger partial charge in [0, 0.05) is 49.9 Å². The summed E-state index contributed by atoms with van der Waals surface area (Å²) in [5, 5.41) is 0.855. The van der Waals surface area contributed by atoms with E-state index in [9.17, 15) is 4.79 Å². The van der Waals surface area contributed by atoms with E-state index in [2.05, 4.69) is 15.9 Å². The summed E-state index contributed by atoms with van der Waals surface area (Å²) in [6.07, 6.45) is 0.999. The first kappa shape index (κ1) is 19.9. The molecule has 4 nitrogen and oxygen atoms in total. The summed E-state index contributed by atoms with van der Waals surface area (Å²) < 4.78 is 5.78. The molecular weight excluding hydrogens is 360 g/mol. The van der Waals surface area contributed by atoms with Gasteiger partial charge in [0.1, 0.15) is 5.75 Å². The van der Waals surface area contributed by atoms with Gasteiger partial charge in [-0.05, 0) is 49.2 Å². The lowest BCUT2D eigenvalue weighted by atomic mass is 10.1. The summed E-state index contributed by atoms with van der Waals surface area (Å²) in [4.78, 5) is 16.2. The highest BCUT2D eigenvalue weighted by Gasteiger charge is 2.17. The van der Waals surface area contributed by atoms with Gasteiger partial charge < -0.3 is 9.64 Å². The van der Waals surface area contributed by atoms with Gasteiger partial charge in [0.2, 0.25) is 0 Å². The molecule has 144 valence electrons. The number of hydrogen-bond donors (Lipinski definition) is 0. The largest absolute Gasteiger partial charge is 0.494 e. The van der Waals surface area contributed by atoms with Crippen molar-refractivity contribution in [2.24, 2.45) is 0 Å². The van der Waals surface area contributed by atoms with E-state index in [0.29, 0.717) is 6.61 Å². The first-order chi connectivity index (χ1) is 13.1. The van der Waals surface area contributed by atoms with Crippen LogP contribution in [0.3, 0.4) is 0 Å². The van der Waals surface area contributed by atoms with Gasteiger partial charge in [0.15, 0.2) is 5.78 Å². The first-order valence-corrected chi connectivity index (χ1v) is 9.91. The number of carbonyl (C=O) groups is 1. The van der Waals surface area contributed by atoms with Crippen molar-refractivity contribution in [3.05, 3.63) is 64.7 Å². The van der Waals surface area contributed by atoms with Crippen LogP contribution in [0, 0.1) is 0 Å². The van der Waals surface area contributed by atoms with Crippen LogP contribution in [0.2, 0.25) is 5.02 Å². The van der Waals surface area contributed by atoms with Crippen molar-refractivity contribution >= 4 is 17.4 Å². The lowest BCUT2D eigenvalue weighted by Crippen LogP contribution is -2.46. The van der Waals surface area contributed by atoms with Crippen LogP contribution >= 0.6 is 11.6 Å². The number of ketones is 1. The minimum Gasteiger partial charge on any atom is -0.494 e. The summed E-state index contributed by atoms with van der Waals surface area (Å²) in [5.74, 6) is 0.903. The smallest absolute Gasteiger partial charge is 0.159 e. The zero-order chi connectivity index (χ0) is 19.1. The molecule has 3 rings (SSSR count). The Bertz CT molecular complexity index is 740. The fraction of sp³-hybridized carbons (Fsp3) is 0.409. The molecule has 0 unspecified atom stereocenters. The number of benzene rings is 2. The fourth-order valence-corrected chi connectivity index (χ4v) is 3.50. The summed E-state index contributed by atoms with van der Waals surface area (Å²) in [7, 11) is 0. The molecule has 5 heteroatoms. The van der Waals surface area contributed by atoms with Gasteiger partial charge in [-0.1, -0.05) is 29.8 Å². The van der Waals surface area contributed by atoms with Gasteiger partial charge in [0.25, 0.3) is 0 Å². The molecular formula is C22H27ClN2O2. The molecule has 2 aromatic carbocycles. The molecule has 27 heavy (non-hydrogen) atoms. The van der Waals surface area contributed by atoms with Gasteiger partial charge >= 0.3 is 0 Å². The minimum absolute atomic E-state index is 0.0789. The van der Waals surface area contributed by atoms with Crippen molar-refractivity contribution in [2.45, 2.75) is 19.9 Å². The molecule has 1 aliphatic rings. The molecule has 0 saturated carbocycles. The Kier molecular flexibility index (Phi) is 7.27. The Labute approximate surface area is 166 Å². The van der Waals surface area contributed by atoms with Gasteiger partial charge in [-0.15, -0.1) is 0 Å². The number of ether oxygens (including phenoxy) is 1. The average molecular weight is 387 g/mol. The second-order valence-electron chi connectivity index (χ2n) is 6.99. The highest BCUT2D eigenvalue weighted by Crippen LogP contribution is 2.18. The number of carbonyl (C=O) groups excluding carboxylic acids is 1. The third kappa shape index (κ3) is 6.06. The maximum absolute atomic E-state index is 11.3. The Morgan fingerprint density at radius 2 is 1.67 bits per heavy atom. The first-order valence-electron chi connectivity index (χ1n) is 9.54. The van der Waals surface area contributed by atoms with Gasteiger partial charge in [-0.2, -0.15) is 0 Å². The molecule has 0 atom stereocenters. The molecule has 2 aromatic rings. The third-order valence-electron chi connectivity index (χ3n) is 4.96. The molecule has 0 aliphatic carbocycles. The number of rotatable bonds is 8. The van der Waals surface area contributed by atoms with E-state index < -0.39 is 0 Å². The van der Waals surface area contributed by atoms with Crippen molar-refractivity contribution < 1.29 is 9.53 Å². The average Bonchev–Trinajstić information content (AvgIpc) is 2.68. The normalized spacial score (nSPS) is 15.6. The molecule has 0 spiro atoms. The Morgan fingerprint density at radius 3 is 2.33 bits per heavy atom. The van der Waals surface area contributed by atoms with Gasteiger partial charge in [-0.3, -0.25) is 9.69 Å². The molecule has 0 N–H and O–H groups in total. The summed E-state index contributed by atoms with van der Waals surface area (Å²) in [5.41, 5.74) is 1.92. The molecule has 1 saturated heterocycles. The molecule has 1 aliphatic heterocycles. The van der Waals surface area contributed by atoms with Crippen molar-refractivity contribution in [3.8, 4) is 5.75 Å². The fourth-order valence-electron chi connectivity index (χ4n) is 3.30. The maximum atomic E-state index is 11.3.